The molecule has 3 rings (SSSR count). The lowest BCUT2D eigenvalue weighted by molar-refractivity contribution is 0.258. The summed E-state index contributed by atoms with van der Waals surface area (Å²) in [4.78, 5) is 24.4. The molecule has 0 aliphatic rings. The first-order valence-electron chi connectivity index (χ1n) is 8.94. The molecule has 3 aromatic rings. The van der Waals surface area contributed by atoms with E-state index in [1.54, 1.807) is 43.4 Å². The van der Waals surface area contributed by atoms with Crippen molar-refractivity contribution >= 4 is 56.1 Å². The van der Waals surface area contributed by atoms with Crippen molar-refractivity contribution in [2.75, 3.05) is 17.3 Å². The highest BCUT2D eigenvalue weighted by atomic mass is 35.5. The van der Waals surface area contributed by atoms with Crippen molar-refractivity contribution in [3.05, 3.63) is 87.2 Å². The van der Waals surface area contributed by atoms with Gasteiger partial charge in [-0.1, -0.05) is 29.3 Å². The predicted octanol–water partition coefficient (Wildman–Crippen LogP) is 6.03. The lowest BCUT2D eigenvalue weighted by Crippen LogP contribution is -2.31. The van der Waals surface area contributed by atoms with Crippen LogP contribution in [0.5, 0.6) is 0 Å². The molecule has 0 saturated heterocycles. The number of anilines is 2. The first kappa shape index (κ1) is 22.7. The van der Waals surface area contributed by atoms with Crippen molar-refractivity contribution in [2.45, 2.75) is 10.6 Å². The second kappa shape index (κ2) is 9.47. The third-order valence-corrected chi connectivity index (χ3v) is 6.90. The van der Waals surface area contributed by atoms with Gasteiger partial charge in [0.15, 0.2) is 9.84 Å². The van der Waals surface area contributed by atoms with Crippen LogP contribution in [0.3, 0.4) is 0 Å². The first-order chi connectivity index (χ1) is 14.7. The third-order valence-electron chi connectivity index (χ3n) is 4.45. The molecule has 0 aliphatic carbocycles. The average Bonchev–Trinajstić information content (AvgIpc) is 2.76. The maximum absolute atomic E-state index is 12.7. The molecule has 0 heterocycles. The quantitative estimate of drug-likeness (QED) is 0.438. The van der Waals surface area contributed by atoms with Crippen LogP contribution in [0.1, 0.15) is 5.56 Å². The van der Waals surface area contributed by atoms with E-state index in [-0.39, 0.29) is 21.4 Å². The summed E-state index contributed by atoms with van der Waals surface area (Å²) in [6.07, 6.45) is 0. The van der Waals surface area contributed by atoms with E-state index in [9.17, 15) is 18.1 Å². The Morgan fingerprint density at radius 3 is 2.19 bits per heavy atom. The highest BCUT2D eigenvalue weighted by Crippen LogP contribution is 2.26. The minimum Gasteiger partial charge on any atom is -0.308 e. The van der Waals surface area contributed by atoms with Crippen molar-refractivity contribution in [1.29, 1.82) is 0 Å². The van der Waals surface area contributed by atoms with Gasteiger partial charge in [-0.3, -0.25) is 4.90 Å². The van der Waals surface area contributed by atoms with Crippen molar-refractivity contribution < 1.29 is 13.2 Å². The summed E-state index contributed by atoms with van der Waals surface area (Å²) in [6.45, 7) is 0. The summed E-state index contributed by atoms with van der Waals surface area (Å²) in [5.41, 5.74) is 1.76. The largest absolute Gasteiger partial charge is 0.326 e. The Morgan fingerprint density at radius 1 is 0.968 bits per heavy atom. The minimum absolute atomic E-state index is 0.119. The number of hydrogen-bond donors (Lipinski definition) is 1. The standard InChI is InChI=1S/C21H17Cl2N3O4S/c1-26(21(27)24-15-3-5-16(25-28)6-4-15)17-7-9-18(10-8-17)31(29,30)13-14-2-11-19(22)20(23)12-14/h2-12H,13H2,1H3,(H,24,27). The molecule has 0 radical (unpaired) electrons. The molecule has 2 amide bonds. The summed E-state index contributed by atoms with van der Waals surface area (Å²) in [5.74, 6) is -0.231. The van der Waals surface area contributed by atoms with Crippen LogP contribution in [0, 0.1) is 4.91 Å². The number of nitroso groups, excluding NO2 is 1. The molecule has 3 aromatic carbocycles. The van der Waals surface area contributed by atoms with Gasteiger partial charge in [0.05, 0.1) is 20.7 Å². The van der Waals surface area contributed by atoms with Crippen LogP contribution in [0.25, 0.3) is 0 Å². The molecule has 10 heteroatoms. The zero-order chi connectivity index (χ0) is 22.6. The summed E-state index contributed by atoms with van der Waals surface area (Å²) >= 11 is 11.8. The number of benzene rings is 3. The van der Waals surface area contributed by atoms with Crippen molar-refractivity contribution in [1.82, 2.24) is 0 Å². The second-order valence-electron chi connectivity index (χ2n) is 6.63. The Labute approximate surface area is 189 Å². The van der Waals surface area contributed by atoms with Gasteiger partial charge in [0, 0.05) is 18.4 Å². The molecule has 31 heavy (non-hydrogen) atoms. The third kappa shape index (κ3) is 5.61. The van der Waals surface area contributed by atoms with E-state index in [2.05, 4.69) is 10.5 Å². The number of halogens is 2. The fourth-order valence-corrected chi connectivity index (χ4v) is 4.40. The van der Waals surface area contributed by atoms with Gasteiger partial charge in [0.25, 0.3) is 0 Å². The molecule has 1 N–H and O–H groups in total. The monoisotopic (exact) mass is 477 g/mol. The van der Waals surface area contributed by atoms with E-state index in [1.807, 2.05) is 0 Å². The molecule has 160 valence electrons. The molecule has 0 aliphatic heterocycles. The summed E-state index contributed by atoms with van der Waals surface area (Å²) in [7, 11) is -2.06. The van der Waals surface area contributed by atoms with E-state index in [0.717, 1.165) is 0 Å². The number of nitrogens with zero attached hydrogens (tertiary/aromatic N) is 2. The number of hydrogen-bond acceptors (Lipinski definition) is 5. The van der Waals surface area contributed by atoms with Crippen LogP contribution in [0.4, 0.5) is 21.9 Å². The summed E-state index contributed by atoms with van der Waals surface area (Å²) < 4.78 is 25.4. The van der Waals surface area contributed by atoms with Gasteiger partial charge in [-0.2, -0.15) is 0 Å². The van der Waals surface area contributed by atoms with Gasteiger partial charge in [0.2, 0.25) is 0 Å². The fraction of sp³-hybridized carbons (Fsp3) is 0.0952. The van der Waals surface area contributed by atoms with Crippen LogP contribution in [-0.2, 0) is 15.6 Å². The number of urea groups is 1. The van der Waals surface area contributed by atoms with Crippen molar-refractivity contribution in [2.24, 2.45) is 5.18 Å². The number of carbonyl (C=O) groups is 1. The van der Waals surface area contributed by atoms with E-state index >= 15 is 0 Å². The van der Waals surface area contributed by atoms with Crippen LogP contribution in [0.15, 0.2) is 76.8 Å². The number of nitrogens with one attached hydrogen (secondary N) is 1. The Kier molecular flexibility index (Phi) is 6.94. The molecule has 0 unspecified atom stereocenters. The van der Waals surface area contributed by atoms with Gasteiger partial charge < -0.3 is 5.32 Å². The fourth-order valence-electron chi connectivity index (χ4n) is 2.74. The summed E-state index contributed by atoms with van der Waals surface area (Å²) in [5, 5.41) is 6.12. The van der Waals surface area contributed by atoms with E-state index in [1.165, 1.54) is 35.2 Å². The van der Waals surface area contributed by atoms with Crippen LogP contribution >= 0.6 is 23.2 Å². The highest BCUT2D eigenvalue weighted by molar-refractivity contribution is 7.90. The molecular weight excluding hydrogens is 461 g/mol. The van der Waals surface area contributed by atoms with Gasteiger partial charge in [-0.25, -0.2) is 13.2 Å². The van der Waals surface area contributed by atoms with Crippen LogP contribution < -0.4 is 10.2 Å². The molecular formula is C21H17Cl2N3O4S. The topological polar surface area (TPSA) is 95.9 Å². The number of amides is 2. The Bertz CT molecular complexity index is 1210. The van der Waals surface area contributed by atoms with Crippen molar-refractivity contribution in [3.8, 4) is 0 Å². The summed E-state index contributed by atoms with van der Waals surface area (Å²) in [6, 6.07) is 16.3. The van der Waals surface area contributed by atoms with Crippen LogP contribution in [0.2, 0.25) is 10.0 Å². The maximum atomic E-state index is 12.7. The van der Waals surface area contributed by atoms with Crippen molar-refractivity contribution in [3.63, 3.8) is 0 Å². The lowest BCUT2D eigenvalue weighted by atomic mass is 10.2. The molecule has 0 bridgehead atoms. The molecule has 0 aromatic heterocycles. The average molecular weight is 478 g/mol. The number of rotatable bonds is 6. The molecule has 0 spiro atoms. The lowest BCUT2D eigenvalue weighted by Gasteiger charge is -2.18. The molecule has 0 saturated carbocycles. The predicted molar refractivity (Wildman–Crippen MR) is 123 cm³/mol. The van der Waals surface area contributed by atoms with Gasteiger partial charge in [-0.05, 0) is 71.4 Å². The highest BCUT2D eigenvalue weighted by Gasteiger charge is 2.18. The Balaban J connectivity index is 1.70. The minimum atomic E-state index is -3.62. The smallest absolute Gasteiger partial charge is 0.308 e. The molecule has 7 nitrogen and oxygen atoms in total. The number of carbonyl (C=O) groups excluding carboxylic acids is 1. The van der Waals surface area contributed by atoms with Gasteiger partial charge >= 0.3 is 6.03 Å². The van der Waals surface area contributed by atoms with E-state index < -0.39 is 15.9 Å². The SMILES string of the molecule is CN(C(=O)Nc1ccc(N=O)cc1)c1ccc(S(=O)(=O)Cc2ccc(Cl)c(Cl)c2)cc1. The Hall–Kier alpha value is -2.94. The van der Waals surface area contributed by atoms with Gasteiger partial charge in [-0.15, -0.1) is 4.91 Å². The normalized spacial score (nSPS) is 11.1. The van der Waals surface area contributed by atoms with Gasteiger partial charge in [0.1, 0.15) is 5.69 Å². The maximum Gasteiger partial charge on any atom is 0.326 e. The first-order valence-corrected chi connectivity index (χ1v) is 11.4. The number of sulfone groups is 1. The second-order valence-corrected chi connectivity index (χ2v) is 9.43. The molecule has 0 atom stereocenters. The molecule has 0 fully saturated rings. The zero-order valence-corrected chi connectivity index (χ0v) is 18.6. The van der Waals surface area contributed by atoms with E-state index in [0.29, 0.717) is 22.0 Å². The zero-order valence-electron chi connectivity index (χ0n) is 16.2. The van der Waals surface area contributed by atoms with Crippen LogP contribution in [-0.4, -0.2) is 21.5 Å². The van der Waals surface area contributed by atoms with E-state index in [4.69, 9.17) is 23.2 Å². The Morgan fingerprint density at radius 2 is 1.61 bits per heavy atom.